The van der Waals surface area contributed by atoms with Crippen molar-refractivity contribution < 1.29 is 37.8 Å². The number of carbonyl (C=O) groups excluding carboxylic acids is 2. The molecule has 0 amide bonds. The number of aliphatic hydroxyl groups excluding tert-OH is 1. The molecular weight excluding hydrogens is 376 g/mol. The van der Waals surface area contributed by atoms with Crippen LogP contribution in [0.1, 0.15) is 13.8 Å². The van der Waals surface area contributed by atoms with Gasteiger partial charge in [-0.3, -0.25) is 9.59 Å². The summed E-state index contributed by atoms with van der Waals surface area (Å²) in [5.74, 6) is -0.983. The third-order valence-corrected chi connectivity index (χ3v) is 5.30. The lowest BCUT2D eigenvalue weighted by Gasteiger charge is -2.47. The number of rotatable bonds is 7. The van der Waals surface area contributed by atoms with Gasteiger partial charge in [0.05, 0.1) is 0 Å². The number of hydrogen-bond donors (Lipinski definition) is 1. The molecule has 5 atom stereocenters. The van der Waals surface area contributed by atoms with Crippen molar-refractivity contribution in [1.82, 2.24) is 0 Å². The Morgan fingerprint density at radius 3 is 1.81 bits per heavy atom. The summed E-state index contributed by atoms with van der Waals surface area (Å²) < 4.78 is 28.4. The first-order valence-electron chi connectivity index (χ1n) is 8.69. The van der Waals surface area contributed by atoms with Gasteiger partial charge in [0.2, 0.25) is 0 Å². The highest BCUT2D eigenvalue weighted by molar-refractivity contribution is 6.70. The predicted molar refractivity (Wildman–Crippen MR) is 99.5 cm³/mol. The SMILES string of the molecule is CC(=O)OC[C@H]1O[C@@H](O)[C@H](O[Si](C)(C)C)[C@@H](OC(C)=O)[C@H]1O[Si](C)(C)C. The molecule has 0 aromatic heterocycles. The van der Waals surface area contributed by atoms with Crippen LogP contribution in [0.2, 0.25) is 39.3 Å². The molecule has 0 aromatic carbocycles. The summed E-state index contributed by atoms with van der Waals surface area (Å²) in [6.07, 6.45) is -4.55. The maximum atomic E-state index is 11.7. The minimum Gasteiger partial charge on any atom is -0.463 e. The summed E-state index contributed by atoms with van der Waals surface area (Å²) in [6.45, 7) is 14.3. The Balaban J connectivity index is 3.20. The fourth-order valence-corrected chi connectivity index (χ4v) is 4.81. The first kappa shape index (κ1) is 23.3. The Kier molecular flexibility index (Phi) is 7.99. The van der Waals surface area contributed by atoms with E-state index >= 15 is 0 Å². The van der Waals surface area contributed by atoms with Gasteiger partial charge >= 0.3 is 11.9 Å². The third-order valence-electron chi connectivity index (χ3n) is 3.34. The van der Waals surface area contributed by atoms with Crippen LogP contribution in [-0.4, -0.2) is 71.0 Å². The van der Waals surface area contributed by atoms with E-state index < -0.39 is 59.3 Å². The summed E-state index contributed by atoms with van der Waals surface area (Å²) in [5.41, 5.74) is 0. The maximum Gasteiger partial charge on any atom is 0.303 e. The van der Waals surface area contributed by atoms with E-state index in [1.165, 1.54) is 13.8 Å². The Labute approximate surface area is 157 Å². The van der Waals surface area contributed by atoms with Gasteiger partial charge in [0.25, 0.3) is 0 Å². The molecule has 1 aliphatic heterocycles. The van der Waals surface area contributed by atoms with Gasteiger partial charge in [-0.2, -0.15) is 0 Å². The van der Waals surface area contributed by atoms with Crippen LogP contribution in [-0.2, 0) is 32.7 Å². The molecule has 1 fully saturated rings. The molecule has 0 spiro atoms. The highest BCUT2D eigenvalue weighted by atomic mass is 28.4. The molecule has 0 radical (unpaired) electrons. The van der Waals surface area contributed by atoms with Crippen molar-refractivity contribution in [3.8, 4) is 0 Å². The van der Waals surface area contributed by atoms with Gasteiger partial charge in [-0.1, -0.05) is 0 Å². The first-order chi connectivity index (χ1) is 11.7. The third kappa shape index (κ3) is 7.84. The number of hydrogen-bond acceptors (Lipinski definition) is 8. The van der Waals surface area contributed by atoms with Crippen LogP contribution in [0, 0.1) is 0 Å². The summed E-state index contributed by atoms with van der Waals surface area (Å²) in [4.78, 5) is 22.9. The zero-order valence-electron chi connectivity index (χ0n) is 16.9. The van der Waals surface area contributed by atoms with E-state index in [1.54, 1.807) is 0 Å². The second kappa shape index (κ2) is 8.94. The lowest BCUT2D eigenvalue weighted by Crippen LogP contribution is -2.64. The average Bonchev–Trinajstić information content (AvgIpc) is 2.40. The monoisotopic (exact) mass is 408 g/mol. The smallest absolute Gasteiger partial charge is 0.303 e. The second-order valence-corrected chi connectivity index (χ2v) is 17.3. The molecule has 1 N–H and O–H groups in total. The van der Waals surface area contributed by atoms with Crippen molar-refractivity contribution in [2.24, 2.45) is 0 Å². The van der Waals surface area contributed by atoms with Crippen LogP contribution < -0.4 is 0 Å². The second-order valence-electron chi connectivity index (χ2n) is 8.33. The fraction of sp³-hybridized carbons (Fsp3) is 0.875. The average molecular weight is 409 g/mol. The van der Waals surface area contributed by atoms with Gasteiger partial charge in [-0.15, -0.1) is 0 Å². The fourth-order valence-electron chi connectivity index (χ4n) is 2.64. The van der Waals surface area contributed by atoms with Gasteiger partial charge in [-0.25, -0.2) is 0 Å². The highest BCUT2D eigenvalue weighted by Crippen LogP contribution is 2.31. The Morgan fingerprint density at radius 1 is 0.885 bits per heavy atom. The molecule has 1 saturated heterocycles. The lowest BCUT2D eigenvalue weighted by atomic mass is 9.99. The predicted octanol–water partition coefficient (Wildman–Crippen LogP) is 1.64. The van der Waals surface area contributed by atoms with Crippen LogP contribution in [0.5, 0.6) is 0 Å². The molecule has 0 aliphatic carbocycles. The zero-order chi connectivity index (χ0) is 20.3. The zero-order valence-corrected chi connectivity index (χ0v) is 18.9. The molecule has 0 unspecified atom stereocenters. The van der Waals surface area contributed by atoms with Crippen LogP contribution in [0.3, 0.4) is 0 Å². The quantitative estimate of drug-likeness (QED) is 0.501. The first-order valence-corrected chi connectivity index (χ1v) is 15.5. The van der Waals surface area contributed by atoms with E-state index in [0.717, 1.165) is 0 Å². The van der Waals surface area contributed by atoms with E-state index in [-0.39, 0.29) is 6.61 Å². The van der Waals surface area contributed by atoms with Gasteiger partial charge in [0.15, 0.2) is 29.0 Å². The van der Waals surface area contributed by atoms with Crippen LogP contribution in [0.4, 0.5) is 0 Å². The molecule has 0 aromatic rings. The van der Waals surface area contributed by atoms with Gasteiger partial charge in [0, 0.05) is 13.8 Å². The van der Waals surface area contributed by atoms with Crippen molar-refractivity contribution in [2.45, 2.75) is 83.8 Å². The largest absolute Gasteiger partial charge is 0.463 e. The van der Waals surface area contributed by atoms with E-state index in [0.29, 0.717) is 0 Å². The Bertz CT molecular complexity index is 499. The summed E-state index contributed by atoms with van der Waals surface area (Å²) in [7, 11) is -4.17. The van der Waals surface area contributed by atoms with Crippen LogP contribution in [0.15, 0.2) is 0 Å². The Hall–Kier alpha value is -0.786. The molecular formula is C16H32O8Si2. The number of carbonyl (C=O) groups is 2. The normalized spacial score (nSPS) is 30.0. The van der Waals surface area contributed by atoms with Crippen LogP contribution in [0.25, 0.3) is 0 Å². The number of ether oxygens (including phenoxy) is 3. The lowest BCUT2D eigenvalue weighted by molar-refractivity contribution is -0.283. The van der Waals surface area contributed by atoms with E-state index in [2.05, 4.69) is 0 Å². The van der Waals surface area contributed by atoms with Gasteiger partial charge < -0.3 is 28.2 Å². The summed E-state index contributed by atoms with van der Waals surface area (Å²) in [5, 5.41) is 10.5. The summed E-state index contributed by atoms with van der Waals surface area (Å²) in [6, 6.07) is 0. The summed E-state index contributed by atoms with van der Waals surface area (Å²) >= 11 is 0. The van der Waals surface area contributed by atoms with Gasteiger partial charge in [-0.05, 0) is 39.3 Å². The molecule has 10 heteroatoms. The maximum absolute atomic E-state index is 11.7. The topological polar surface area (TPSA) is 101 Å². The van der Waals surface area contributed by atoms with E-state index in [1.807, 2.05) is 39.3 Å². The number of aliphatic hydroxyl groups is 1. The minimum absolute atomic E-state index is 0.112. The van der Waals surface area contributed by atoms with Crippen molar-refractivity contribution in [2.75, 3.05) is 6.61 Å². The number of esters is 2. The van der Waals surface area contributed by atoms with Gasteiger partial charge in [0.1, 0.15) is 24.9 Å². The van der Waals surface area contributed by atoms with E-state index in [4.69, 9.17) is 23.1 Å². The molecule has 152 valence electrons. The van der Waals surface area contributed by atoms with Crippen molar-refractivity contribution in [3.63, 3.8) is 0 Å². The van der Waals surface area contributed by atoms with Crippen molar-refractivity contribution >= 4 is 28.6 Å². The van der Waals surface area contributed by atoms with Crippen molar-refractivity contribution in [1.29, 1.82) is 0 Å². The minimum atomic E-state index is -2.09. The molecule has 0 bridgehead atoms. The van der Waals surface area contributed by atoms with E-state index in [9.17, 15) is 14.7 Å². The molecule has 0 saturated carbocycles. The molecule has 26 heavy (non-hydrogen) atoms. The molecule has 1 aliphatic rings. The Morgan fingerprint density at radius 2 is 1.38 bits per heavy atom. The highest BCUT2D eigenvalue weighted by Gasteiger charge is 2.51. The van der Waals surface area contributed by atoms with Crippen LogP contribution >= 0.6 is 0 Å². The molecule has 8 nitrogen and oxygen atoms in total. The molecule has 1 rings (SSSR count). The van der Waals surface area contributed by atoms with Crippen molar-refractivity contribution in [3.05, 3.63) is 0 Å². The standard InChI is InChI=1S/C16H32O8Si2/c1-10(17)20-9-12-13(23-25(3,4)5)14(21-11(2)18)15(16(19)22-12)24-26(6,7)8/h12-16,19H,9H2,1-8H3/t12-,13+,14+,15-,16-/m1/s1. The molecule has 1 heterocycles.